The first kappa shape index (κ1) is 15.3. The first-order valence-corrected chi connectivity index (χ1v) is 8.92. The molecule has 0 unspecified atom stereocenters. The number of nitrogens with zero attached hydrogens (tertiary/aromatic N) is 1. The Labute approximate surface area is 122 Å². The molecule has 0 aliphatic carbocycles. The van der Waals surface area contributed by atoms with E-state index in [4.69, 9.17) is 0 Å². The van der Waals surface area contributed by atoms with Gasteiger partial charge in [0.2, 0.25) is 0 Å². The molecule has 0 atom stereocenters. The molecule has 0 bridgehead atoms. The molecule has 0 spiro atoms. The molecule has 112 valence electrons. The third-order valence-corrected chi connectivity index (χ3v) is 5.81. The Kier molecular flexibility index (Phi) is 5.05. The van der Waals surface area contributed by atoms with Gasteiger partial charge in [-0.25, -0.2) is 8.42 Å². The van der Waals surface area contributed by atoms with Crippen LogP contribution in [0.5, 0.6) is 0 Å². The number of hydrogen-bond donors (Lipinski definition) is 1. The Morgan fingerprint density at radius 1 is 1.25 bits per heavy atom. The van der Waals surface area contributed by atoms with Crippen molar-refractivity contribution in [2.45, 2.75) is 24.7 Å². The van der Waals surface area contributed by atoms with Crippen molar-refractivity contribution in [3.63, 3.8) is 0 Å². The second-order valence-electron chi connectivity index (χ2n) is 5.53. The second-order valence-corrected chi connectivity index (χ2v) is 7.77. The van der Waals surface area contributed by atoms with Gasteiger partial charge in [-0.15, -0.1) is 0 Å². The molecule has 1 saturated heterocycles. The Hall–Kier alpha value is -1.07. The largest absolute Gasteiger partial charge is 0.384 e. The fourth-order valence-electron chi connectivity index (χ4n) is 2.56. The standard InChI is InChI=1S/C15H24N2O2S/c1-3-20(18,19)15-7-5-4-6-14(15)16-12-13-8-10-17(2)11-9-13/h4-7,13,16H,3,8-12H2,1-2H3. The van der Waals surface area contributed by atoms with Crippen LogP contribution in [0.2, 0.25) is 0 Å². The van der Waals surface area contributed by atoms with Crippen LogP contribution in [0.25, 0.3) is 0 Å². The van der Waals surface area contributed by atoms with Crippen LogP contribution >= 0.6 is 0 Å². The number of nitrogens with one attached hydrogen (secondary N) is 1. The van der Waals surface area contributed by atoms with Gasteiger partial charge in [0.25, 0.3) is 0 Å². The van der Waals surface area contributed by atoms with Crippen LogP contribution in [-0.4, -0.2) is 45.8 Å². The van der Waals surface area contributed by atoms with E-state index in [0.717, 1.165) is 25.3 Å². The summed E-state index contributed by atoms with van der Waals surface area (Å²) in [5.74, 6) is 0.767. The van der Waals surface area contributed by atoms with Gasteiger partial charge in [0.1, 0.15) is 0 Å². The van der Waals surface area contributed by atoms with Gasteiger partial charge < -0.3 is 10.2 Å². The minimum atomic E-state index is -3.16. The average Bonchev–Trinajstić information content (AvgIpc) is 2.47. The molecular formula is C15H24N2O2S. The van der Waals surface area contributed by atoms with E-state index in [1.807, 2.05) is 12.1 Å². The van der Waals surface area contributed by atoms with Gasteiger partial charge in [-0.05, 0) is 51.0 Å². The van der Waals surface area contributed by atoms with Crippen LogP contribution in [0.1, 0.15) is 19.8 Å². The maximum atomic E-state index is 12.1. The topological polar surface area (TPSA) is 49.4 Å². The SMILES string of the molecule is CCS(=O)(=O)c1ccccc1NCC1CCN(C)CC1. The molecule has 0 aromatic heterocycles. The van der Waals surface area contributed by atoms with E-state index in [1.165, 1.54) is 12.8 Å². The quantitative estimate of drug-likeness (QED) is 0.905. The highest BCUT2D eigenvalue weighted by molar-refractivity contribution is 7.91. The predicted molar refractivity (Wildman–Crippen MR) is 82.9 cm³/mol. The second kappa shape index (κ2) is 6.59. The van der Waals surface area contributed by atoms with Crippen molar-refractivity contribution in [2.24, 2.45) is 5.92 Å². The summed E-state index contributed by atoms with van der Waals surface area (Å²) in [4.78, 5) is 2.77. The molecule has 4 nitrogen and oxygen atoms in total. The molecule has 1 aromatic rings. The van der Waals surface area contributed by atoms with Crippen LogP contribution in [0.15, 0.2) is 29.2 Å². The lowest BCUT2D eigenvalue weighted by atomic mass is 9.97. The van der Waals surface area contributed by atoms with Crippen LogP contribution in [0.4, 0.5) is 5.69 Å². The van der Waals surface area contributed by atoms with Crippen LogP contribution in [0, 0.1) is 5.92 Å². The first-order chi connectivity index (χ1) is 9.53. The number of piperidine rings is 1. The average molecular weight is 296 g/mol. The Morgan fingerprint density at radius 2 is 1.90 bits per heavy atom. The summed E-state index contributed by atoms with van der Waals surface area (Å²) in [6.45, 7) is 4.79. The molecule has 0 amide bonds. The van der Waals surface area contributed by atoms with E-state index < -0.39 is 9.84 Å². The van der Waals surface area contributed by atoms with Crippen molar-refractivity contribution in [3.05, 3.63) is 24.3 Å². The minimum Gasteiger partial charge on any atom is -0.384 e. The van der Waals surface area contributed by atoms with Crippen molar-refractivity contribution in [1.29, 1.82) is 0 Å². The first-order valence-electron chi connectivity index (χ1n) is 7.27. The van der Waals surface area contributed by atoms with Gasteiger partial charge in [-0.1, -0.05) is 19.1 Å². The lowest BCUT2D eigenvalue weighted by Crippen LogP contribution is -2.33. The predicted octanol–water partition coefficient (Wildman–Crippen LogP) is 2.23. The highest BCUT2D eigenvalue weighted by Gasteiger charge is 2.19. The summed E-state index contributed by atoms with van der Waals surface area (Å²) in [6.07, 6.45) is 2.35. The maximum Gasteiger partial charge on any atom is 0.180 e. The number of anilines is 1. The smallest absolute Gasteiger partial charge is 0.180 e. The van der Waals surface area contributed by atoms with E-state index >= 15 is 0 Å². The molecule has 1 aliphatic rings. The van der Waals surface area contributed by atoms with E-state index in [-0.39, 0.29) is 5.75 Å². The van der Waals surface area contributed by atoms with Gasteiger partial charge in [0, 0.05) is 6.54 Å². The summed E-state index contributed by atoms with van der Waals surface area (Å²) in [7, 11) is -1.02. The summed E-state index contributed by atoms with van der Waals surface area (Å²) >= 11 is 0. The van der Waals surface area contributed by atoms with Gasteiger partial charge in [0.15, 0.2) is 9.84 Å². The number of sulfone groups is 1. The molecular weight excluding hydrogens is 272 g/mol. The maximum absolute atomic E-state index is 12.1. The van der Waals surface area contributed by atoms with Gasteiger partial charge in [-0.2, -0.15) is 0 Å². The van der Waals surface area contributed by atoms with E-state index in [9.17, 15) is 8.42 Å². The zero-order chi connectivity index (χ0) is 14.6. The molecule has 1 heterocycles. The third kappa shape index (κ3) is 3.73. The van der Waals surface area contributed by atoms with Crippen molar-refractivity contribution in [1.82, 2.24) is 4.90 Å². The fourth-order valence-corrected chi connectivity index (χ4v) is 3.63. The van der Waals surface area contributed by atoms with Crippen LogP contribution < -0.4 is 5.32 Å². The summed E-state index contributed by atoms with van der Waals surface area (Å²) in [5.41, 5.74) is 0.744. The molecule has 2 rings (SSSR count). The fraction of sp³-hybridized carbons (Fsp3) is 0.600. The van der Waals surface area contributed by atoms with Gasteiger partial charge in [0.05, 0.1) is 16.3 Å². The van der Waals surface area contributed by atoms with Crippen molar-refractivity contribution in [3.8, 4) is 0 Å². The summed E-state index contributed by atoms with van der Waals surface area (Å²) in [5, 5.41) is 3.34. The molecule has 20 heavy (non-hydrogen) atoms. The molecule has 1 aliphatic heterocycles. The number of likely N-dealkylation sites (tertiary alicyclic amines) is 1. The molecule has 1 N–H and O–H groups in total. The summed E-state index contributed by atoms with van der Waals surface area (Å²) < 4.78 is 24.1. The Bertz CT molecular complexity index is 535. The molecule has 1 fully saturated rings. The number of rotatable bonds is 5. The molecule has 1 aromatic carbocycles. The monoisotopic (exact) mass is 296 g/mol. The molecule has 0 saturated carbocycles. The lowest BCUT2D eigenvalue weighted by molar-refractivity contribution is 0.226. The highest BCUT2D eigenvalue weighted by Crippen LogP contribution is 2.23. The van der Waals surface area contributed by atoms with E-state index in [1.54, 1.807) is 19.1 Å². The Balaban J connectivity index is 2.03. The minimum absolute atomic E-state index is 0.139. The van der Waals surface area contributed by atoms with Crippen molar-refractivity contribution >= 4 is 15.5 Å². The van der Waals surface area contributed by atoms with E-state index in [2.05, 4.69) is 17.3 Å². The van der Waals surface area contributed by atoms with Crippen molar-refractivity contribution < 1.29 is 8.42 Å². The molecule has 0 radical (unpaired) electrons. The van der Waals surface area contributed by atoms with Crippen LogP contribution in [0.3, 0.4) is 0 Å². The third-order valence-electron chi connectivity index (χ3n) is 4.02. The number of benzene rings is 1. The zero-order valence-corrected chi connectivity index (χ0v) is 13.1. The zero-order valence-electron chi connectivity index (χ0n) is 12.3. The van der Waals surface area contributed by atoms with Crippen LogP contribution in [-0.2, 0) is 9.84 Å². The van der Waals surface area contributed by atoms with Gasteiger partial charge >= 0.3 is 0 Å². The summed E-state index contributed by atoms with van der Waals surface area (Å²) in [6, 6.07) is 7.21. The number of hydrogen-bond acceptors (Lipinski definition) is 4. The molecule has 5 heteroatoms. The van der Waals surface area contributed by atoms with Gasteiger partial charge in [-0.3, -0.25) is 0 Å². The normalized spacial score (nSPS) is 18.1. The highest BCUT2D eigenvalue weighted by atomic mass is 32.2. The number of para-hydroxylation sites is 1. The Morgan fingerprint density at radius 3 is 2.55 bits per heavy atom. The lowest BCUT2D eigenvalue weighted by Gasteiger charge is -2.29. The van der Waals surface area contributed by atoms with Crippen molar-refractivity contribution in [2.75, 3.05) is 37.8 Å². The van der Waals surface area contributed by atoms with E-state index in [0.29, 0.717) is 10.8 Å².